The Balaban J connectivity index is 1.54. The van der Waals surface area contributed by atoms with Gasteiger partial charge in [-0.15, -0.1) is 0 Å². The molecule has 7 heteroatoms. The van der Waals surface area contributed by atoms with Crippen LogP contribution in [0.5, 0.6) is 0 Å². The molecule has 146 valence electrons. The zero-order valence-corrected chi connectivity index (χ0v) is 15.8. The minimum Gasteiger partial charge on any atom is -0.459 e. The smallest absolute Gasteiger partial charge is 0.287 e. The highest BCUT2D eigenvalue weighted by Gasteiger charge is 2.20. The van der Waals surface area contributed by atoms with Crippen molar-refractivity contribution in [1.82, 2.24) is 19.8 Å². The molecule has 1 aliphatic heterocycles. The predicted octanol–water partition coefficient (Wildman–Crippen LogP) is 2.96. The third-order valence-corrected chi connectivity index (χ3v) is 5.14. The number of nitrogens with zero attached hydrogens (tertiary/aromatic N) is 3. The van der Waals surface area contributed by atoms with E-state index in [-0.39, 0.29) is 30.7 Å². The Bertz CT molecular complexity index is 953. The summed E-state index contributed by atoms with van der Waals surface area (Å²) in [5.74, 6) is 0.707. The van der Waals surface area contributed by atoms with E-state index in [2.05, 4.69) is 10.3 Å². The molecule has 0 unspecified atom stereocenters. The minimum absolute atomic E-state index is 0.101. The molecule has 0 spiro atoms. The zero-order valence-electron chi connectivity index (χ0n) is 15.8. The van der Waals surface area contributed by atoms with Gasteiger partial charge in [0.25, 0.3) is 5.91 Å². The molecule has 1 aliphatic rings. The molecule has 0 saturated carbocycles. The molecule has 0 aliphatic carbocycles. The molecular formula is C21H24N4O3. The van der Waals surface area contributed by atoms with E-state index in [0.29, 0.717) is 5.82 Å². The summed E-state index contributed by atoms with van der Waals surface area (Å²) in [6.45, 7) is 2.08. The lowest BCUT2D eigenvalue weighted by Crippen LogP contribution is -2.35. The van der Waals surface area contributed by atoms with E-state index < -0.39 is 0 Å². The average molecular weight is 380 g/mol. The lowest BCUT2D eigenvalue weighted by Gasteiger charge is -2.21. The van der Waals surface area contributed by atoms with E-state index in [4.69, 9.17) is 4.42 Å². The number of hydrogen-bond donors (Lipinski definition) is 1. The van der Waals surface area contributed by atoms with E-state index in [1.54, 1.807) is 12.1 Å². The number of rotatable bonds is 5. The van der Waals surface area contributed by atoms with Gasteiger partial charge in [-0.05, 0) is 37.1 Å². The van der Waals surface area contributed by atoms with Gasteiger partial charge in [0, 0.05) is 13.1 Å². The monoisotopic (exact) mass is 380 g/mol. The standard InChI is InChI=1S/C21H24N4O3/c26-20(24-11-5-1-2-6-12-24)15-25-17-9-4-3-8-16(17)23-19(25)14-22-21(27)18-10-7-13-28-18/h3-4,7-10,13H,1-2,5-6,11-12,14-15H2,(H,22,27). The summed E-state index contributed by atoms with van der Waals surface area (Å²) in [5.41, 5.74) is 1.71. The SMILES string of the molecule is O=C(NCc1nc2ccccc2n1CC(=O)N1CCCCCC1)c1ccco1. The molecule has 4 rings (SSSR count). The van der Waals surface area contributed by atoms with Crippen molar-refractivity contribution in [2.24, 2.45) is 0 Å². The van der Waals surface area contributed by atoms with Crippen LogP contribution in [0.3, 0.4) is 0 Å². The van der Waals surface area contributed by atoms with Gasteiger partial charge in [-0.2, -0.15) is 0 Å². The number of carbonyl (C=O) groups excluding carboxylic acids is 2. The van der Waals surface area contributed by atoms with Gasteiger partial charge in [-0.1, -0.05) is 25.0 Å². The maximum absolute atomic E-state index is 12.9. The van der Waals surface area contributed by atoms with Crippen molar-refractivity contribution in [2.45, 2.75) is 38.8 Å². The Morgan fingerprint density at radius 3 is 2.57 bits per heavy atom. The predicted molar refractivity (Wildman–Crippen MR) is 105 cm³/mol. The second-order valence-electron chi connectivity index (χ2n) is 7.06. The number of aromatic nitrogens is 2. The molecular weight excluding hydrogens is 356 g/mol. The molecule has 3 aromatic rings. The fourth-order valence-electron chi connectivity index (χ4n) is 3.65. The fourth-order valence-corrected chi connectivity index (χ4v) is 3.65. The Morgan fingerprint density at radius 1 is 1.04 bits per heavy atom. The van der Waals surface area contributed by atoms with Gasteiger partial charge >= 0.3 is 0 Å². The molecule has 0 radical (unpaired) electrons. The van der Waals surface area contributed by atoms with Crippen LogP contribution in [-0.4, -0.2) is 39.4 Å². The first-order chi connectivity index (χ1) is 13.7. The summed E-state index contributed by atoms with van der Waals surface area (Å²) >= 11 is 0. The summed E-state index contributed by atoms with van der Waals surface area (Å²) in [4.78, 5) is 31.7. The number of amides is 2. The summed E-state index contributed by atoms with van der Waals surface area (Å²) in [5, 5.41) is 2.82. The molecule has 2 amide bonds. The van der Waals surface area contributed by atoms with Crippen LogP contribution in [0, 0.1) is 0 Å². The molecule has 7 nitrogen and oxygen atoms in total. The van der Waals surface area contributed by atoms with Gasteiger partial charge in [-0.25, -0.2) is 4.98 Å². The molecule has 0 atom stereocenters. The number of furan rings is 1. The van der Waals surface area contributed by atoms with Crippen LogP contribution in [0.4, 0.5) is 0 Å². The maximum atomic E-state index is 12.9. The van der Waals surface area contributed by atoms with Gasteiger partial charge in [0.15, 0.2) is 5.76 Å². The van der Waals surface area contributed by atoms with Crippen molar-refractivity contribution in [3.8, 4) is 0 Å². The number of carbonyl (C=O) groups is 2. The molecule has 1 N–H and O–H groups in total. The van der Waals surface area contributed by atoms with E-state index in [1.165, 1.54) is 19.1 Å². The molecule has 0 bridgehead atoms. The summed E-state index contributed by atoms with van der Waals surface area (Å²) in [6.07, 6.45) is 5.94. The third kappa shape index (κ3) is 3.93. The van der Waals surface area contributed by atoms with Crippen molar-refractivity contribution < 1.29 is 14.0 Å². The van der Waals surface area contributed by atoms with Crippen molar-refractivity contribution in [2.75, 3.05) is 13.1 Å². The number of likely N-dealkylation sites (tertiary alicyclic amines) is 1. The summed E-state index contributed by atoms with van der Waals surface area (Å²) in [6, 6.07) is 11.0. The lowest BCUT2D eigenvalue weighted by atomic mass is 10.2. The third-order valence-electron chi connectivity index (χ3n) is 5.14. The van der Waals surface area contributed by atoms with Crippen molar-refractivity contribution in [1.29, 1.82) is 0 Å². The zero-order chi connectivity index (χ0) is 19.3. The number of imidazole rings is 1. The molecule has 1 fully saturated rings. The van der Waals surface area contributed by atoms with E-state index >= 15 is 0 Å². The Hall–Kier alpha value is -3.09. The van der Waals surface area contributed by atoms with Gasteiger partial charge < -0.3 is 19.2 Å². The highest BCUT2D eigenvalue weighted by atomic mass is 16.3. The van der Waals surface area contributed by atoms with E-state index in [9.17, 15) is 9.59 Å². The quantitative estimate of drug-likeness (QED) is 0.738. The van der Waals surface area contributed by atoms with Gasteiger partial charge in [-0.3, -0.25) is 9.59 Å². The van der Waals surface area contributed by atoms with Crippen LogP contribution in [0.25, 0.3) is 11.0 Å². The topological polar surface area (TPSA) is 80.4 Å². The molecule has 28 heavy (non-hydrogen) atoms. The van der Waals surface area contributed by atoms with E-state index in [1.807, 2.05) is 33.7 Å². The van der Waals surface area contributed by atoms with Crippen LogP contribution in [0.2, 0.25) is 0 Å². The fraction of sp³-hybridized carbons (Fsp3) is 0.381. The highest BCUT2D eigenvalue weighted by molar-refractivity contribution is 5.91. The van der Waals surface area contributed by atoms with Crippen LogP contribution < -0.4 is 5.32 Å². The maximum Gasteiger partial charge on any atom is 0.287 e. The first kappa shape index (κ1) is 18.3. The number of fused-ring (bicyclic) bond motifs is 1. The lowest BCUT2D eigenvalue weighted by molar-refractivity contribution is -0.131. The van der Waals surface area contributed by atoms with Crippen molar-refractivity contribution in [3.05, 3.63) is 54.2 Å². The van der Waals surface area contributed by atoms with Crippen molar-refractivity contribution in [3.63, 3.8) is 0 Å². The highest BCUT2D eigenvalue weighted by Crippen LogP contribution is 2.18. The average Bonchev–Trinajstić information content (AvgIpc) is 3.27. The number of para-hydroxylation sites is 2. The van der Waals surface area contributed by atoms with Crippen LogP contribution in [0.15, 0.2) is 47.1 Å². The Morgan fingerprint density at radius 2 is 1.82 bits per heavy atom. The van der Waals surface area contributed by atoms with Gasteiger partial charge in [0.2, 0.25) is 5.91 Å². The second kappa shape index (κ2) is 8.29. The largest absolute Gasteiger partial charge is 0.459 e. The van der Waals surface area contributed by atoms with E-state index in [0.717, 1.165) is 37.0 Å². The molecule has 3 heterocycles. The summed E-state index contributed by atoms with van der Waals surface area (Å²) < 4.78 is 7.04. The number of hydrogen-bond acceptors (Lipinski definition) is 4. The summed E-state index contributed by atoms with van der Waals surface area (Å²) in [7, 11) is 0. The molecule has 1 saturated heterocycles. The number of benzene rings is 1. The van der Waals surface area contributed by atoms with Gasteiger partial charge in [0.1, 0.15) is 12.4 Å². The molecule has 2 aromatic heterocycles. The minimum atomic E-state index is -0.303. The molecule has 1 aromatic carbocycles. The Kier molecular flexibility index (Phi) is 5.41. The first-order valence-corrected chi connectivity index (χ1v) is 9.76. The first-order valence-electron chi connectivity index (χ1n) is 9.76. The van der Waals surface area contributed by atoms with Gasteiger partial charge in [0.05, 0.1) is 23.8 Å². The van der Waals surface area contributed by atoms with Crippen LogP contribution in [-0.2, 0) is 17.9 Å². The second-order valence-corrected chi connectivity index (χ2v) is 7.06. The Labute approximate surface area is 163 Å². The van der Waals surface area contributed by atoms with Crippen LogP contribution >= 0.6 is 0 Å². The normalized spacial score (nSPS) is 14.8. The van der Waals surface area contributed by atoms with Crippen molar-refractivity contribution >= 4 is 22.8 Å². The number of nitrogens with one attached hydrogen (secondary N) is 1. The van der Waals surface area contributed by atoms with Crippen LogP contribution in [0.1, 0.15) is 42.1 Å².